The monoisotopic (exact) mass is 224 g/mol. The van der Waals surface area contributed by atoms with E-state index in [1.165, 1.54) is 13.0 Å². The molecule has 0 spiro atoms. The number of fused-ring (bicyclic) bond motifs is 1. The highest BCUT2D eigenvalue weighted by molar-refractivity contribution is 5.68. The van der Waals surface area contributed by atoms with Gasteiger partial charge in [0.15, 0.2) is 23.5 Å². The molecule has 2 rings (SSSR count). The predicted molar refractivity (Wildman–Crippen MR) is 56.7 cm³/mol. The molecule has 0 amide bonds. The van der Waals surface area contributed by atoms with Gasteiger partial charge in [-0.15, -0.1) is 0 Å². The molecule has 0 bridgehead atoms. The van der Waals surface area contributed by atoms with Crippen LogP contribution >= 0.6 is 0 Å². The second-order valence-corrected chi connectivity index (χ2v) is 4.00. The van der Waals surface area contributed by atoms with E-state index in [1.807, 2.05) is 0 Å². The van der Waals surface area contributed by atoms with Gasteiger partial charge in [0.1, 0.15) is 13.2 Å². The fourth-order valence-electron chi connectivity index (χ4n) is 1.78. The maximum Gasteiger partial charge on any atom is 0.188 e. The standard InChI is InChI=1S/C12H13FO3/c1-8-5-10-11(16-4-3-15-10)6-9(8)12(2,13)7-14/h5-7H,3-4H2,1-2H3. The van der Waals surface area contributed by atoms with E-state index >= 15 is 0 Å². The Kier molecular flexibility index (Phi) is 2.58. The zero-order chi connectivity index (χ0) is 11.8. The first kappa shape index (κ1) is 10.9. The van der Waals surface area contributed by atoms with Crippen molar-refractivity contribution in [3.63, 3.8) is 0 Å². The van der Waals surface area contributed by atoms with Crippen molar-refractivity contribution in [1.29, 1.82) is 0 Å². The lowest BCUT2D eigenvalue weighted by Gasteiger charge is -2.23. The fraction of sp³-hybridized carbons (Fsp3) is 0.417. The number of rotatable bonds is 2. The molecule has 1 heterocycles. The molecule has 0 N–H and O–H groups in total. The molecule has 3 nitrogen and oxygen atoms in total. The zero-order valence-corrected chi connectivity index (χ0v) is 9.25. The molecule has 0 saturated heterocycles. The number of carbonyl (C=O) groups is 1. The van der Waals surface area contributed by atoms with Crippen molar-refractivity contribution < 1.29 is 18.7 Å². The lowest BCUT2D eigenvalue weighted by atomic mass is 9.94. The number of hydrogen-bond donors (Lipinski definition) is 0. The molecule has 1 aromatic carbocycles. The van der Waals surface area contributed by atoms with Crippen molar-refractivity contribution in [3.05, 3.63) is 23.3 Å². The topological polar surface area (TPSA) is 35.5 Å². The van der Waals surface area contributed by atoms with Crippen molar-refractivity contribution in [2.75, 3.05) is 13.2 Å². The minimum atomic E-state index is -1.99. The van der Waals surface area contributed by atoms with Gasteiger partial charge in [-0.1, -0.05) is 0 Å². The highest BCUT2D eigenvalue weighted by Gasteiger charge is 2.29. The second-order valence-electron chi connectivity index (χ2n) is 4.00. The third-order valence-electron chi connectivity index (χ3n) is 2.64. The number of hydrogen-bond acceptors (Lipinski definition) is 3. The predicted octanol–water partition coefficient (Wildman–Crippen LogP) is 2.15. The van der Waals surface area contributed by atoms with E-state index in [0.29, 0.717) is 42.1 Å². The van der Waals surface area contributed by atoms with E-state index in [2.05, 4.69) is 0 Å². The first-order valence-electron chi connectivity index (χ1n) is 5.10. The van der Waals surface area contributed by atoms with Gasteiger partial charge in [-0.25, -0.2) is 4.39 Å². The highest BCUT2D eigenvalue weighted by atomic mass is 19.1. The van der Waals surface area contributed by atoms with Crippen LogP contribution in [-0.2, 0) is 10.5 Å². The van der Waals surface area contributed by atoms with Gasteiger partial charge in [-0.05, 0) is 31.5 Å². The Balaban J connectivity index is 2.51. The van der Waals surface area contributed by atoms with Crippen LogP contribution in [0.5, 0.6) is 11.5 Å². The third-order valence-corrected chi connectivity index (χ3v) is 2.64. The molecule has 0 fully saturated rings. The van der Waals surface area contributed by atoms with Crippen LogP contribution in [0.25, 0.3) is 0 Å². The lowest BCUT2D eigenvalue weighted by molar-refractivity contribution is -0.117. The van der Waals surface area contributed by atoms with Crippen LogP contribution in [0.3, 0.4) is 0 Å². The van der Waals surface area contributed by atoms with E-state index in [-0.39, 0.29) is 0 Å². The van der Waals surface area contributed by atoms with Gasteiger partial charge >= 0.3 is 0 Å². The van der Waals surface area contributed by atoms with Crippen LogP contribution in [0.15, 0.2) is 12.1 Å². The summed E-state index contributed by atoms with van der Waals surface area (Å²) in [4.78, 5) is 10.7. The maximum atomic E-state index is 13.9. The highest BCUT2D eigenvalue weighted by Crippen LogP contribution is 2.37. The summed E-state index contributed by atoms with van der Waals surface area (Å²) in [6.07, 6.45) is 0.297. The van der Waals surface area contributed by atoms with Crippen molar-refractivity contribution in [3.8, 4) is 11.5 Å². The van der Waals surface area contributed by atoms with Gasteiger partial charge in [0.2, 0.25) is 0 Å². The molecular formula is C12H13FO3. The number of aryl methyl sites for hydroxylation is 1. The molecule has 1 atom stereocenters. The number of aldehydes is 1. The van der Waals surface area contributed by atoms with E-state index in [1.54, 1.807) is 13.0 Å². The first-order valence-corrected chi connectivity index (χ1v) is 5.10. The van der Waals surface area contributed by atoms with Gasteiger partial charge < -0.3 is 9.47 Å². The Labute approximate surface area is 93.2 Å². The van der Waals surface area contributed by atoms with E-state index in [4.69, 9.17) is 9.47 Å². The summed E-state index contributed by atoms with van der Waals surface area (Å²) in [7, 11) is 0. The van der Waals surface area contributed by atoms with Crippen LogP contribution in [0.2, 0.25) is 0 Å². The van der Waals surface area contributed by atoms with Crippen LogP contribution < -0.4 is 9.47 Å². The van der Waals surface area contributed by atoms with Gasteiger partial charge in [-0.2, -0.15) is 0 Å². The van der Waals surface area contributed by atoms with Crippen molar-refractivity contribution in [2.45, 2.75) is 19.5 Å². The minimum Gasteiger partial charge on any atom is -0.486 e. The van der Waals surface area contributed by atoms with Crippen LogP contribution in [0, 0.1) is 6.92 Å². The molecule has 1 aromatic rings. The van der Waals surface area contributed by atoms with Crippen molar-refractivity contribution >= 4 is 6.29 Å². The molecule has 0 aliphatic carbocycles. The molecule has 0 saturated carbocycles. The molecule has 1 unspecified atom stereocenters. The molecule has 1 aliphatic rings. The average Bonchev–Trinajstić information content (AvgIpc) is 2.28. The molecule has 86 valence electrons. The zero-order valence-electron chi connectivity index (χ0n) is 9.25. The Bertz CT molecular complexity index is 427. The van der Waals surface area contributed by atoms with Gasteiger partial charge in [0, 0.05) is 5.56 Å². The van der Waals surface area contributed by atoms with Crippen molar-refractivity contribution in [2.24, 2.45) is 0 Å². The quantitative estimate of drug-likeness (QED) is 0.722. The molecule has 1 aliphatic heterocycles. The fourth-order valence-corrected chi connectivity index (χ4v) is 1.78. The van der Waals surface area contributed by atoms with Crippen molar-refractivity contribution in [1.82, 2.24) is 0 Å². The number of carbonyl (C=O) groups excluding carboxylic acids is 1. The largest absolute Gasteiger partial charge is 0.486 e. The molecule has 0 aromatic heterocycles. The summed E-state index contributed by atoms with van der Waals surface area (Å²) in [5, 5.41) is 0. The Hall–Kier alpha value is -1.58. The van der Waals surface area contributed by atoms with Gasteiger partial charge in [0.05, 0.1) is 0 Å². The van der Waals surface area contributed by atoms with Gasteiger partial charge in [-0.3, -0.25) is 4.79 Å². The average molecular weight is 224 g/mol. The van der Waals surface area contributed by atoms with Gasteiger partial charge in [0.25, 0.3) is 0 Å². The Morgan fingerprint density at radius 2 is 1.88 bits per heavy atom. The maximum absolute atomic E-state index is 13.9. The number of halogens is 1. The number of benzene rings is 1. The lowest BCUT2D eigenvalue weighted by Crippen LogP contribution is -2.21. The second kappa shape index (κ2) is 3.77. The first-order chi connectivity index (χ1) is 7.54. The Morgan fingerprint density at radius 3 is 2.44 bits per heavy atom. The summed E-state index contributed by atoms with van der Waals surface area (Å²) >= 11 is 0. The van der Waals surface area contributed by atoms with Crippen LogP contribution in [0.4, 0.5) is 4.39 Å². The smallest absolute Gasteiger partial charge is 0.188 e. The van der Waals surface area contributed by atoms with Crippen LogP contribution in [0.1, 0.15) is 18.1 Å². The van der Waals surface area contributed by atoms with E-state index in [9.17, 15) is 9.18 Å². The summed E-state index contributed by atoms with van der Waals surface area (Å²) in [5.74, 6) is 1.10. The minimum absolute atomic E-state index is 0.297. The molecular weight excluding hydrogens is 211 g/mol. The normalized spacial score (nSPS) is 17.7. The number of ether oxygens (including phenoxy) is 2. The third kappa shape index (κ3) is 1.75. The molecule has 4 heteroatoms. The van der Waals surface area contributed by atoms with E-state index in [0.717, 1.165) is 0 Å². The summed E-state index contributed by atoms with van der Waals surface area (Å²) in [5.41, 5.74) is -0.979. The summed E-state index contributed by atoms with van der Waals surface area (Å²) in [6, 6.07) is 3.24. The van der Waals surface area contributed by atoms with Crippen LogP contribution in [-0.4, -0.2) is 19.5 Å². The molecule has 16 heavy (non-hydrogen) atoms. The van der Waals surface area contributed by atoms with E-state index < -0.39 is 5.67 Å². The summed E-state index contributed by atoms with van der Waals surface area (Å²) in [6.45, 7) is 3.92. The SMILES string of the molecule is Cc1cc2c(cc1C(C)(F)C=O)OCCO2. The number of alkyl halides is 1. The summed E-state index contributed by atoms with van der Waals surface area (Å²) < 4.78 is 24.6. The Morgan fingerprint density at radius 1 is 1.31 bits per heavy atom. The molecule has 0 radical (unpaired) electrons.